The number of imidazole rings is 1. The van der Waals surface area contributed by atoms with Gasteiger partial charge in [-0.1, -0.05) is 34.1 Å². The third kappa shape index (κ3) is 4.94. The Morgan fingerprint density at radius 2 is 1.91 bits per heavy atom. The highest BCUT2D eigenvalue weighted by Crippen LogP contribution is 2.18. The van der Waals surface area contributed by atoms with E-state index in [0.29, 0.717) is 22.6 Å². The molecular formula is C23H20BrF2N5O. The van der Waals surface area contributed by atoms with Crippen molar-refractivity contribution in [3.63, 3.8) is 0 Å². The van der Waals surface area contributed by atoms with Crippen LogP contribution in [0, 0.1) is 11.6 Å². The number of carbonyl (C=O) groups excluding carboxylic acids is 1. The number of rotatable bonds is 6. The van der Waals surface area contributed by atoms with Crippen molar-refractivity contribution in [2.45, 2.75) is 26.1 Å². The molecule has 4 rings (SSSR count). The number of amides is 2. The van der Waals surface area contributed by atoms with Gasteiger partial charge in [0.15, 0.2) is 17.3 Å². The number of nitrogens with zero attached hydrogens (tertiary/aromatic N) is 3. The Bertz CT molecular complexity index is 1260. The van der Waals surface area contributed by atoms with Gasteiger partial charge < -0.3 is 15.2 Å². The van der Waals surface area contributed by atoms with Gasteiger partial charge in [-0.15, -0.1) is 0 Å². The van der Waals surface area contributed by atoms with E-state index >= 15 is 0 Å². The number of benzene rings is 2. The van der Waals surface area contributed by atoms with Crippen LogP contribution in [-0.4, -0.2) is 20.6 Å². The maximum Gasteiger partial charge on any atom is 0.315 e. The summed E-state index contributed by atoms with van der Waals surface area (Å²) in [6.45, 7) is 2.27. The van der Waals surface area contributed by atoms with Crippen LogP contribution in [0.2, 0.25) is 0 Å². The molecule has 0 spiro atoms. The highest BCUT2D eigenvalue weighted by Gasteiger charge is 2.15. The number of fused-ring (bicyclic) bond motifs is 1. The fourth-order valence-electron chi connectivity index (χ4n) is 3.37. The lowest BCUT2D eigenvalue weighted by molar-refractivity contribution is 0.237. The fraction of sp³-hybridized carbons (Fsp3) is 0.174. The Labute approximate surface area is 191 Å². The highest BCUT2D eigenvalue weighted by molar-refractivity contribution is 9.10. The molecule has 0 aliphatic rings. The van der Waals surface area contributed by atoms with E-state index in [0.717, 1.165) is 22.2 Å². The Kier molecular flexibility index (Phi) is 6.45. The van der Waals surface area contributed by atoms with Crippen molar-refractivity contribution in [2.75, 3.05) is 0 Å². The van der Waals surface area contributed by atoms with Crippen LogP contribution in [0.1, 0.15) is 29.9 Å². The van der Waals surface area contributed by atoms with Crippen molar-refractivity contribution in [3.05, 3.63) is 93.9 Å². The molecule has 1 unspecified atom stereocenters. The molecular weight excluding hydrogens is 480 g/mol. The number of aromatic nitrogens is 3. The molecule has 0 bridgehead atoms. The first-order chi connectivity index (χ1) is 15.4. The van der Waals surface area contributed by atoms with Gasteiger partial charge in [0.05, 0.1) is 19.1 Å². The van der Waals surface area contributed by atoms with E-state index in [4.69, 9.17) is 0 Å². The molecule has 2 aromatic heterocycles. The molecule has 0 fully saturated rings. The SMILES string of the molecule is CC(NC(=O)NCc1nc2cccnc2n1Cc1ccc(F)c(F)c1)c1ccc(Br)cc1. The lowest BCUT2D eigenvalue weighted by Gasteiger charge is -2.15. The standard InChI is InChI=1S/C23H20BrF2N5O/c1-14(16-5-7-17(24)8-6-16)29-23(32)28-12-21-30-20-3-2-10-27-22(20)31(21)13-15-4-9-18(25)19(26)11-15/h2-11,14H,12-13H2,1H3,(H2,28,29,32). The van der Waals surface area contributed by atoms with Gasteiger partial charge in [-0.25, -0.2) is 23.5 Å². The molecule has 0 aliphatic heterocycles. The summed E-state index contributed by atoms with van der Waals surface area (Å²) in [5.41, 5.74) is 2.77. The molecule has 4 aromatic rings. The highest BCUT2D eigenvalue weighted by atomic mass is 79.9. The van der Waals surface area contributed by atoms with Crippen LogP contribution in [0.4, 0.5) is 13.6 Å². The van der Waals surface area contributed by atoms with E-state index in [-0.39, 0.29) is 25.2 Å². The zero-order valence-electron chi connectivity index (χ0n) is 17.1. The Hall–Kier alpha value is -3.33. The van der Waals surface area contributed by atoms with Crippen molar-refractivity contribution < 1.29 is 13.6 Å². The second-order valence-corrected chi connectivity index (χ2v) is 8.22. The average molecular weight is 500 g/mol. The fourth-order valence-corrected chi connectivity index (χ4v) is 3.63. The first-order valence-corrected chi connectivity index (χ1v) is 10.7. The molecule has 2 amide bonds. The molecule has 2 aromatic carbocycles. The lowest BCUT2D eigenvalue weighted by atomic mass is 10.1. The summed E-state index contributed by atoms with van der Waals surface area (Å²) in [4.78, 5) is 21.4. The van der Waals surface area contributed by atoms with Gasteiger partial charge in [-0.3, -0.25) is 0 Å². The number of hydrogen-bond acceptors (Lipinski definition) is 3. The first-order valence-electron chi connectivity index (χ1n) is 9.94. The number of nitrogens with one attached hydrogen (secondary N) is 2. The van der Waals surface area contributed by atoms with Gasteiger partial charge in [-0.05, 0) is 54.4 Å². The van der Waals surface area contributed by atoms with Gasteiger partial charge in [0.2, 0.25) is 0 Å². The molecule has 32 heavy (non-hydrogen) atoms. The second-order valence-electron chi connectivity index (χ2n) is 7.31. The minimum Gasteiger partial charge on any atom is -0.332 e. The number of carbonyl (C=O) groups is 1. The Morgan fingerprint density at radius 3 is 2.66 bits per heavy atom. The monoisotopic (exact) mass is 499 g/mol. The van der Waals surface area contributed by atoms with Crippen LogP contribution in [0.25, 0.3) is 11.2 Å². The van der Waals surface area contributed by atoms with E-state index in [1.807, 2.05) is 37.3 Å². The van der Waals surface area contributed by atoms with Crippen molar-refractivity contribution in [2.24, 2.45) is 0 Å². The van der Waals surface area contributed by atoms with E-state index in [9.17, 15) is 13.6 Å². The number of pyridine rings is 1. The summed E-state index contributed by atoms with van der Waals surface area (Å²) in [7, 11) is 0. The average Bonchev–Trinajstić information content (AvgIpc) is 3.12. The summed E-state index contributed by atoms with van der Waals surface area (Å²) in [6, 6.07) is 14.5. The van der Waals surface area contributed by atoms with Gasteiger partial charge in [0.25, 0.3) is 0 Å². The summed E-state index contributed by atoms with van der Waals surface area (Å²) in [5, 5.41) is 5.71. The molecule has 0 saturated heterocycles. The smallest absolute Gasteiger partial charge is 0.315 e. The molecule has 9 heteroatoms. The molecule has 2 heterocycles. The zero-order valence-corrected chi connectivity index (χ0v) is 18.7. The molecule has 1 atom stereocenters. The normalized spacial score (nSPS) is 12.0. The molecule has 0 aliphatic carbocycles. The second kappa shape index (κ2) is 9.44. The summed E-state index contributed by atoms with van der Waals surface area (Å²) >= 11 is 3.39. The first kappa shape index (κ1) is 21.9. The molecule has 0 radical (unpaired) electrons. The number of halogens is 3. The lowest BCUT2D eigenvalue weighted by Crippen LogP contribution is -2.37. The number of urea groups is 1. The van der Waals surface area contributed by atoms with E-state index in [1.54, 1.807) is 16.8 Å². The third-order valence-electron chi connectivity index (χ3n) is 5.03. The van der Waals surface area contributed by atoms with Crippen molar-refractivity contribution >= 4 is 33.1 Å². The predicted octanol–water partition coefficient (Wildman–Crippen LogP) is 5.08. The van der Waals surface area contributed by atoms with Gasteiger partial charge in [0.1, 0.15) is 11.3 Å². The van der Waals surface area contributed by atoms with Gasteiger partial charge >= 0.3 is 6.03 Å². The molecule has 0 saturated carbocycles. The van der Waals surface area contributed by atoms with E-state index < -0.39 is 11.6 Å². The largest absolute Gasteiger partial charge is 0.332 e. The zero-order chi connectivity index (χ0) is 22.7. The van der Waals surface area contributed by atoms with E-state index in [2.05, 4.69) is 36.5 Å². The Balaban J connectivity index is 1.49. The van der Waals surface area contributed by atoms with Crippen LogP contribution >= 0.6 is 15.9 Å². The number of hydrogen-bond donors (Lipinski definition) is 2. The van der Waals surface area contributed by atoms with Crippen LogP contribution in [0.15, 0.2) is 65.3 Å². The van der Waals surface area contributed by atoms with Gasteiger partial charge in [-0.2, -0.15) is 0 Å². The molecule has 164 valence electrons. The molecule has 6 nitrogen and oxygen atoms in total. The van der Waals surface area contributed by atoms with Crippen molar-refractivity contribution in [3.8, 4) is 0 Å². The summed E-state index contributed by atoms with van der Waals surface area (Å²) < 4.78 is 29.7. The van der Waals surface area contributed by atoms with Crippen molar-refractivity contribution in [1.82, 2.24) is 25.2 Å². The van der Waals surface area contributed by atoms with Crippen LogP contribution in [0.3, 0.4) is 0 Å². The maximum atomic E-state index is 13.7. The Morgan fingerprint density at radius 1 is 1.12 bits per heavy atom. The quantitative estimate of drug-likeness (QED) is 0.388. The molecule has 2 N–H and O–H groups in total. The minimum absolute atomic E-state index is 0.138. The van der Waals surface area contributed by atoms with Crippen LogP contribution in [-0.2, 0) is 13.1 Å². The maximum absolute atomic E-state index is 13.7. The predicted molar refractivity (Wildman–Crippen MR) is 121 cm³/mol. The summed E-state index contributed by atoms with van der Waals surface area (Å²) in [6.07, 6.45) is 1.63. The van der Waals surface area contributed by atoms with Crippen LogP contribution in [0.5, 0.6) is 0 Å². The minimum atomic E-state index is -0.916. The topological polar surface area (TPSA) is 71.8 Å². The van der Waals surface area contributed by atoms with Crippen molar-refractivity contribution in [1.29, 1.82) is 0 Å². The summed E-state index contributed by atoms with van der Waals surface area (Å²) in [5.74, 6) is -1.27. The third-order valence-corrected chi connectivity index (χ3v) is 5.56. The van der Waals surface area contributed by atoms with E-state index in [1.165, 1.54) is 6.07 Å². The van der Waals surface area contributed by atoms with Crippen LogP contribution < -0.4 is 10.6 Å². The van der Waals surface area contributed by atoms with Gasteiger partial charge in [0, 0.05) is 10.7 Å².